The average molecular weight is 437 g/mol. The lowest BCUT2D eigenvalue weighted by atomic mass is 10.0. The predicted octanol–water partition coefficient (Wildman–Crippen LogP) is 4.31. The van der Waals surface area contributed by atoms with Gasteiger partial charge in [-0.1, -0.05) is 42.5 Å². The molecule has 2 aliphatic heterocycles. The third kappa shape index (κ3) is 3.53. The summed E-state index contributed by atoms with van der Waals surface area (Å²) in [6, 6.07) is 23.0. The lowest BCUT2D eigenvalue weighted by Gasteiger charge is -2.27. The lowest BCUT2D eigenvalue weighted by Crippen LogP contribution is -2.36. The number of amides is 2. The van der Waals surface area contributed by atoms with E-state index < -0.39 is 6.10 Å². The van der Waals surface area contributed by atoms with E-state index in [1.54, 1.807) is 24.3 Å². The number of H-pyrrole nitrogens is 1. The van der Waals surface area contributed by atoms with Gasteiger partial charge in [0.05, 0.1) is 0 Å². The van der Waals surface area contributed by atoms with Crippen LogP contribution in [0.2, 0.25) is 0 Å². The van der Waals surface area contributed by atoms with Crippen molar-refractivity contribution in [2.45, 2.75) is 25.5 Å². The molecule has 2 amide bonds. The second-order valence-electron chi connectivity index (χ2n) is 8.59. The Morgan fingerprint density at radius 1 is 1.00 bits per heavy atom. The fourth-order valence-corrected chi connectivity index (χ4v) is 4.80. The zero-order valence-electron chi connectivity index (χ0n) is 18.0. The Morgan fingerprint density at radius 2 is 1.85 bits per heavy atom. The zero-order chi connectivity index (χ0) is 22.4. The van der Waals surface area contributed by atoms with Crippen molar-refractivity contribution >= 4 is 28.4 Å². The molecule has 4 aromatic rings. The van der Waals surface area contributed by atoms with E-state index in [9.17, 15) is 9.59 Å². The summed E-state index contributed by atoms with van der Waals surface area (Å²) in [6.07, 6.45) is 0.775. The van der Waals surface area contributed by atoms with Gasteiger partial charge >= 0.3 is 0 Å². The number of para-hydroxylation sites is 2. The van der Waals surface area contributed by atoms with Crippen LogP contribution in [0.15, 0.2) is 72.8 Å². The monoisotopic (exact) mass is 437 g/mol. The van der Waals surface area contributed by atoms with Crippen LogP contribution in [0.1, 0.15) is 27.2 Å². The van der Waals surface area contributed by atoms with Gasteiger partial charge in [-0.3, -0.25) is 9.59 Å². The molecule has 6 heteroatoms. The van der Waals surface area contributed by atoms with Gasteiger partial charge in [0.25, 0.3) is 11.8 Å². The molecule has 0 saturated carbocycles. The topological polar surface area (TPSA) is 74.4 Å². The molecule has 1 unspecified atom stereocenters. The van der Waals surface area contributed by atoms with E-state index in [0.29, 0.717) is 30.8 Å². The number of nitrogens with zero attached hydrogens (tertiary/aromatic N) is 1. The number of carbonyl (C=O) groups excluding carboxylic acids is 2. The first-order valence-corrected chi connectivity index (χ1v) is 11.2. The molecule has 0 bridgehead atoms. The summed E-state index contributed by atoms with van der Waals surface area (Å²) in [5.74, 6) is 0.507. The van der Waals surface area contributed by atoms with E-state index in [-0.39, 0.29) is 11.8 Å². The number of carbonyl (C=O) groups is 2. The number of hydrogen-bond acceptors (Lipinski definition) is 3. The predicted molar refractivity (Wildman–Crippen MR) is 126 cm³/mol. The summed E-state index contributed by atoms with van der Waals surface area (Å²) in [7, 11) is 0. The fraction of sp³-hybridized carbons (Fsp3) is 0.185. The zero-order valence-corrected chi connectivity index (χ0v) is 18.0. The van der Waals surface area contributed by atoms with Crippen molar-refractivity contribution in [3.05, 3.63) is 95.2 Å². The molecule has 1 atom stereocenters. The Labute approximate surface area is 191 Å². The number of nitrogens with one attached hydrogen (secondary N) is 2. The molecular weight excluding hydrogens is 414 g/mol. The van der Waals surface area contributed by atoms with E-state index in [0.717, 1.165) is 23.3 Å². The van der Waals surface area contributed by atoms with Gasteiger partial charge in [-0.25, -0.2) is 0 Å². The molecular formula is C27H23N3O3. The van der Waals surface area contributed by atoms with Crippen LogP contribution < -0.4 is 10.1 Å². The number of aromatic amines is 1. The minimum absolute atomic E-state index is 0.0356. The number of benzene rings is 3. The average Bonchev–Trinajstić information content (AvgIpc) is 3.45. The van der Waals surface area contributed by atoms with Crippen LogP contribution in [-0.4, -0.2) is 34.3 Å². The van der Waals surface area contributed by atoms with E-state index >= 15 is 0 Å². The fourth-order valence-electron chi connectivity index (χ4n) is 4.80. The lowest BCUT2D eigenvalue weighted by molar-refractivity contribution is -0.122. The standard InChI is InChI=1S/C27H23N3O3/c31-26(25-15-17-6-1-4-11-24(17)33-25)28-19-8-5-7-18(14-19)27(32)30-13-12-23-21(16-30)20-9-2-3-10-22(20)29-23/h1-11,14,25,29H,12-13,15-16H2,(H,28,31). The van der Waals surface area contributed by atoms with Crippen LogP contribution >= 0.6 is 0 Å². The van der Waals surface area contributed by atoms with Gasteiger partial charge in [-0.05, 0) is 35.9 Å². The third-order valence-electron chi connectivity index (χ3n) is 6.49. The normalized spacial score (nSPS) is 16.7. The molecule has 3 heterocycles. The maximum Gasteiger partial charge on any atom is 0.265 e. The van der Waals surface area contributed by atoms with Crippen LogP contribution in [0.5, 0.6) is 5.75 Å². The Balaban J connectivity index is 1.17. The summed E-state index contributed by atoms with van der Waals surface area (Å²) < 4.78 is 5.78. The molecule has 164 valence electrons. The van der Waals surface area contributed by atoms with Crippen molar-refractivity contribution in [1.29, 1.82) is 0 Å². The van der Waals surface area contributed by atoms with Crippen LogP contribution in [-0.2, 0) is 24.2 Å². The number of anilines is 1. The first kappa shape index (κ1) is 19.6. The van der Waals surface area contributed by atoms with Gasteiger partial charge < -0.3 is 19.9 Å². The highest BCUT2D eigenvalue weighted by molar-refractivity contribution is 5.99. The summed E-state index contributed by atoms with van der Waals surface area (Å²) >= 11 is 0. The second-order valence-corrected chi connectivity index (χ2v) is 8.59. The quantitative estimate of drug-likeness (QED) is 0.502. The van der Waals surface area contributed by atoms with Crippen molar-refractivity contribution in [2.75, 3.05) is 11.9 Å². The highest BCUT2D eigenvalue weighted by Crippen LogP contribution is 2.30. The number of rotatable bonds is 3. The van der Waals surface area contributed by atoms with Gasteiger partial charge in [0.1, 0.15) is 5.75 Å². The molecule has 0 saturated heterocycles. The van der Waals surface area contributed by atoms with Crippen molar-refractivity contribution in [3.63, 3.8) is 0 Å². The summed E-state index contributed by atoms with van der Waals surface area (Å²) in [4.78, 5) is 31.4. The molecule has 1 aromatic heterocycles. The maximum absolute atomic E-state index is 13.3. The molecule has 6 rings (SSSR count). The molecule has 3 aromatic carbocycles. The van der Waals surface area contributed by atoms with Crippen LogP contribution in [0.3, 0.4) is 0 Å². The van der Waals surface area contributed by atoms with Crippen molar-refractivity contribution in [1.82, 2.24) is 9.88 Å². The van der Waals surface area contributed by atoms with Crippen LogP contribution in [0.4, 0.5) is 5.69 Å². The van der Waals surface area contributed by atoms with Crippen LogP contribution in [0, 0.1) is 0 Å². The van der Waals surface area contributed by atoms with Gasteiger partial charge in [0.15, 0.2) is 6.10 Å². The van der Waals surface area contributed by atoms with Crippen molar-refractivity contribution < 1.29 is 14.3 Å². The minimum atomic E-state index is -0.566. The number of hydrogen-bond donors (Lipinski definition) is 2. The molecule has 0 fully saturated rings. The van der Waals surface area contributed by atoms with E-state index in [1.807, 2.05) is 41.3 Å². The van der Waals surface area contributed by atoms with Gasteiger partial charge in [-0.2, -0.15) is 0 Å². The molecule has 0 aliphatic carbocycles. The van der Waals surface area contributed by atoms with Gasteiger partial charge in [0.2, 0.25) is 0 Å². The highest BCUT2D eigenvalue weighted by atomic mass is 16.5. The Morgan fingerprint density at radius 3 is 2.76 bits per heavy atom. The maximum atomic E-state index is 13.3. The second kappa shape index (κ2) is 7.81. The number of aromatic nitrogens is 1. The molecule has 0 radical (unpaired) electrons. The first-order chi connectivity index (χ1) is 16.2. The molecule has 2 aliphatic rings. The van der Waals surface area contributed by atoms with Crippen LogP contribution in [0.25, 0.3) is 10.9 Å². The van der Waals surface area contributed by atoms with Crippen molar-refractivity contribution in [3.8, 4) is 5.75 Å². The first-order valence-electron chi connectivity index (χ1n) is 11.2. The van der Waals surface area contributed by atoms with E-state index in [2.05, 4.69) is 22.4 Å². The molecule has 2 N–H and O–H groups in total. The highest BCUT2D eigenvalue weighted by Gasteiger charge is 2.29. The largest absolute Gasteiger partial charge is 0.480 e. The molecule has 33 heavy (non-hydrogen) atoms. The summed E-state index contributed by atoms with van der Waals surface area (Å²) in [5, 5.41) is 4.08. The van der Waals surface area contributed by atoms with Gasteiger partial charge in [-0.15, -0.1) is 0 Å². The third-order valence-corrected chi connectivity index (χ3v) is 6.49. The SMILES string of the molecule is O=C(Nc1cccc(C(=O)N2CCc3[nH]c4ccccc4c3C2)c1)C1Cc2ccccc2O1. The van der Waals surface area contributed by atoms with Gasteiger partial charge in [0, 0.05) is 59.3 Å². The smallest absolute Gasteiger partial charge is 0.265 e. The van der Waals surface area contributed by atoms with Crippen molar-refractivity contribution in [2.24, 2.45) is 0 Å². The van der Waals surface area contributed by atoms with E-state index in [1.165, 1.54) is 16.6 Å². The minimum Gasteiger partial charge on any atom is -0.480 e. The summed E-state index contributed by atoms with van der Waals surface area (Å²) in [6.45, 7) is 1.23. The Hall–Kier alpha value is -4.06. The molecule has 0 spiro atoms. The number of ether oxygens (including phenoxy) is 1. The Bertz CT molecular complexity index is 1370. The van der Waals surface area contributed by atoms with E-state index in [4.69, 9.17) is 4.74 Å². The Kier molecular flexibility index (Phi) is 4.64. The molecule has 6 nitrogen and oxygen atoms in total. The summed E-state index contributed by atoms with van der Waals surface area (Å²) in [5.41, 5.74) is 5.69. The number of fused-ring (bicyclic) bond motifs is 4.